The molecule has 1 heteroatoms. The van der Waals surface area contributed by atoms with Crippen molar-refractivity contribution < 1.29 is 5.11 Å². The number of fused-ring (bicyclic) bond motifs is 1. The van der Waals surface area contributed by atoms with Crippen LogP contribution < -0.4 is 0 Å². The minimum atomic E-state index is -0.134. The number of hydrogen-bond acceptors (Lipinski definition) is 1. The quantitative estimate of drug-likeness (QED) is 0.822. The summed E-state index contributed by atoms with van der Waals surface area (Å²) in [6.07, 6.45) is 3.74. The van der Waals surface area contributed by atoms with Gasteiger partial charge >= 0.3 is 0 Å². The molecule has 2 rings (SSSR count). The molecule has 0 aliphatic heterocycles. The first-order valence-corrected chi connectivity index (χ1v) is 6.46. The van der Waals surface area contributed by atoms with Gasteiger partial charge in [0, 0.05) is 0 Å². The molecule has 0 aromatic heterocycles. The van der Waals surface area contributed by atoms with E-state index < -0.39 is 0 Å². The maximum atomic E-state index is 9.55. The van der Waals surface area contributed by atoms with E-state index in [2.05, 4.69) is 42.5 Å². The van der Waals surface area contributed by atoms with E-state index in [1.807, 2.05) is 6.92 Å². The van der Waals surface area contributed by atoms with Crippen molar-refractivity contribution in [2.75, 3.05) is 0 Å². The van der Waals surface area contributed by atoms with Crippen LogP contribution in [-0.4, -0.2) is 11.2 Å². The van der Waals surface area contributed by atoms with Crippen molar-refractivity contribution in [3.63, 3.8) is 0 Å². The van der Waals surface area contributed by atoms with Crippen LogP contribution in [0, 0.1) is 0 Å². The first kappa shape index (κ1) is 12.1. The highest BCUT2D eigenvalue weighted by Crippen LogP contribution is 2.20. The molecule has 0 saturated carbocycles. The molecule has 17 heavy (non-hydrogen) atoms. The van der Waals surface area contributed by atoms with Gasteiger partial charge in [-0.25, -0.2) is 0 Å². The molecular weight excluding hydrogens is 208 g/mol. The molecule has 1 unspecified atom stereocenters. The predicted octanol–water partition coefficient (Wildman–Crippen LogP) is 3.93. The Kier molecular flexibility index (Phi) is 4.16. The van der Waals surface area contributed by atoms with Gasteiger partial charge in [-0.3, -0.25) is 0 Å². The van der Waals surface area contributed by atoms with Crippen molar-refractivity contribution in [3.05, 3.63) is 48.0 Å². The van der Waals surface area contributed by atoms with Crippen molar-refractivity contribution in [1.29, 1.82) is 0 Å². The zero-order chi connectivity index (χ0) is 12.1. The summed E-state index contributed by atoms with van der Waals surface area (Å²) in [4.78, 5) is 0. The number of aliphatic hydroxyl groups is 1. The van der Waals surface area contributed by atoms with E-state index in [4.69, 9.17) is 0 Å². The second-order valence-corrected chi connectivity index (χ2v) is 4.59. The molecular formula is C16H20O. The summed E-state index contributed by atoms with van der Waals surface area (Å²) in [6, 6.07) is 15.0. The van der Waals surface area contributed by atoms with Gasteiger partial charge < -0.3 is 5.11 Å². The van der Waals surface area contributed by atoms with Crippen LogP contribution in [0.4, 0.5) is 0 Å². The van der Waals surface area contributed by atoms with Gasteiger partial charge in [-0.05, 0) is 42.0 Å². The molecule has 0 heterocycles. The van der Waals surface area contributed by atoms with Crippen LogP contribution in [0.1, 0.15) is 31.7 Å². The number of rotatable bonds is 5. The number of aryl methyl sites for hydroxylation is 1. The molecule has 0 amide bonds. The highest BCUT2D eigenvalue weighted by atomic mass is 16.3. The summed E-state index contributed by atoms with van der Waals surface area (Å²) in [7, 11) is 0. The third-order valence-electron chi connectivity index (χ3n) is 3.33. The van der Waals surface area contributed by atoms with Crippen LogP contribution in [0.15, 0.2) is 42.5 Å². The highest BCUT2D eigenvalue weighted by Gasteiger charge is 2.03. The molecule has 2 aromatic rings. The smallest absolute Gasteiger partial charge is 0.0537 e. The average molecular weight is 228 g/mol. The first-order chi connectivity index (χ1) is 8.31. The van der Waals surface area contributed by atoms with Crippen molar-refractivity contribution >= 4 is 10.8 Å². The Morgan fingerprint density at radius 3 is 2.65 bits per heavy atom. The summed E-state index contributed by atoms with van der Waals surface area (Å²) in [5.74, 6) is 0. The largest absolute Gasteiger partial charge is 0.393 e. The van der Waals surface area contributed by atoms with Crippen LogP contribution in [0.3, 0.4) is 0 Å². The summed E-state index contributed by atoms with van der Waals surface area (Å²) in [5, 5.41) is 12.2. The third-order valence-corrected chi connectivity index (χ3v) is 3.33. The average Bonchev–Trinajstić information content (AvgIpc) is 2.39. The van der Waals surface area contributed by atoms with Crippen LogP contribution in [0.25, 0.3) is 10.8 Å². The first-order valence-electron chi connectivity index (χ1n) is 6.46. The van der Waals surface area contributed by atoms with Gasteiger partial charge in [0.25, 0.3) is 0 Å². The third kappa shape index (κ3) is 3.07. The van der Waals surface area contributed by atoms with Gasteiger partial charge in [-0.15, -0.1) is 0 Å². The number of hydrogen-bond donors (Lipinski definition) is 1. The standard InChI is InChI=1S/C16H20O/c1-2-15(17)11-6-10-14-9-5-8-13-7-3-4-12-16(13)14/h3-5,7-9,12,15,17H,2,6,10-11H2,1H3. The number of benzene rings is 2. The molecule has 0 fully saturated rings. The molecule has 0 saturated heterocycles. The minimum absolute atomic E-state index is 0.134. The van der Waals surface area contributed by atoms with Crippen molar-refractivity contribution in [2.45, 2.75) is 38.7 Å². The van der Waals surface area contributed by atoms with Crippen molar-refractivity contribution in [3.8, 4) is 0 Å². The Balaban J connectivity index is 2.08. The molecule has 1 atom stereocenters. The Bertz CT molecular complexity index is 470. The molecule has 1 N–H and O–H groups in total. The molecule has 0 aliphatic carbocycles. The van der Waals surface area contributed by atoms with Gasteiger partial charge in [0.1, 0.15) is 0 Å². The monoisotopic (exact) mass is 228 g/mol. The zero-order valence-corrected chi connectivity index (χ0v) is 10.4. The Hall–Kier alpha value is -1.34. The lowest BCUT2D eigenvalue weighted by Crippen LogP contribution is -2.04. The molecule has 1 nitrogen and oxygen atoms in total. The van der Waals surface area contributed by atoms with Gasteiger partial charge in [0.15, 0.2) is 0 Å². The van der Waals surface area contributed by atoms with Gasteiger partial charge in [0.2, 0.25) is 0 Å². The van der Waals surface area contributed by atoms with E-state index in [1.54, 1.807) is 0 Å². The Labute approximate surface area is 103 Å². The fourth-order valence-electron chi connectivity index (χ4n) is 2.24. The second-order valence-electron chi connectivity index (χ2n) is 4.59. The molecule has 0 aliphatic rings. The van der Waals surface area contributed by atoms with Crippen LogP contribution in [-0.2, 0) is 6.42 Å². The van der Waals surface area contributed by atoms with Crippen molar-refractivity contribution in [2.24, 2.45) is 0 Å². The molecule has 0 radical (unpaired) electrons. The van der Waals surface area contributed by atoms with Crippen LogP contribution in [0.5, 0.6) is 0 Å². The number of aliphatic hydroxyl groups excluding tert-OH is 1. The zero-order valence-electron chi connectivity index (χ0n) is 10.4. The molecule has 0 spiro atoms. The minimum Gasteiger partial charge on any atom is -0.393 e. The normalized spacial score (nSPS) is 12.8. The summed E-state index contributed by atoms with van der Waals surface area (Å²) in [6.45, 7) is 2.03. The van der Waals surface area contributed by atoms with Gasteiger partial charge in [0.05, 0.1) is 6.10 Å². The van der Waals surface area contributed by atoms with E-state index in [9.17, 15) is 5.11 Å². The van der Waals surface area contributed by atoms with E-state index in [1.165, 1.54) is 16.3 Å². The summed E-state index contributed by atoms with van der Waals surface area (Å²) >= 11 is 0. The van der Waals surface area contributed by atoms with Crippen LogP contribution >= 0.6 is 0 Å². The van der Waals surface area contributed by atoms with E-state index in [0.717, 1.165) is 25.7 Å². The van der Waals surface area contributed by atoms with Gasteiger partial charge in [-0.1, -0.05) is 49.4 Å². The Morgan fingerprint density at radius 1 is 1.06 bits per heavy atom. The predicted molar refractivity (Wildman–Crippen MR) is 73.2 cm³/mol. The summed E-state index contributed by atoms with van der Waals surface area (Å²) < 4.78 is 0. The van der Waals surface area contributed by atoms with Gasteiger partial charge in [-0.2, -0.15) is 0 Å². The molecule has 2 aromatic carbocycles. The lowest BCUT2D eigenvalue weighted by atomic mass is 9.99. The maximum absolute atomic E-state index is 9.55. The van der Waals surface area contributed by atoms with E-state index >= 15 is 0 Å². The van der Waals surface area contributed by atoms with E-state index in [0.29, 0.717) is 0 Å². The highest BCUT2D eigenvalue weighted by molar-refractivity contribution is 5.85. The van der Waals surface area contributed by atoms with Crippen LogP contribution in [0.2, 0.25) is 0 Å². The topological polar surface area (TPSA) is 20.2 Å². The Morgan fingerprint density at radius 2 is 1.82 bits per heavy atom. The maximum Gasteiger partial charge on any atom is 0.0537 e. The fourth-order valence-corrected chi connectivity index (χ4v) is 2.24. The summed E-state index contributed by atoms with van der Waals surface area (Å²) in [5.41, 5.74) is 1.39. The molecule has 90 valence electrons. The lowest BCUT2D eigenvalue weighted by Gasteiger charge is -2.09. The molecule has 0 bridgehead atoms. The fraction of sp³-hybridized carbons (Fsp3) is 0.375. The SMILES string of the molecule is CCC(O)CCCc1cccc2ccccc12. The van der Waals surface area contributed by atoms with Crippen molar-refractivity contribution in [1.82, 2.24) is 0 Å². The second kappa shape index (κ2) is 5.83. The lowest BCUT2D eigenvalue weighted by molar-refractivity contribution is 0.158. The van der Waals surface area contributed by atoms with E-state index in [-0.39, 0.29) is 6.10 Å².